The van der Waals surface area contributed by atoms with E-state index in [1.54, 1.807) is 6.92 Å². The van der Waals surface area contributed by atoms with Crippen molar-refractivity contribution >= 4 is 26.2 Å². The highest BCUT2D eigenvalue weighted by Gasteiger charge is 2.01. The molecule has 1 radical (unpaired) electrons. The Morgan fingerprint density at radius 1 is 1.67 bits per heavy atom. The smallest absolute Gasteiger partial charge is 0.333 e. The molecule has 0 saturated heterocycles. The molecule has 0 aliphatic carbocycles. The molecule has 0 aliphatic rings. The van der Waals surface area contributed by atoms with Crippen molar-refractivity contribution in [1.82, 2.24) is 0 Å². The highest BCUT2D eigenvalue weighted by Crippen LogP contribution is 1.95. The second-order valence-electron chi connectivity index (χ2n) is 2.46. The van der Waals surface area contributed by atoms with Crippen molar-refractivity contribution in [3.63, 3.8) is 0 Å². The van der Waals surface area contributed by atoms with Crippen LogP contribution in [0.15, 0.2) is 12.2 Å². The van der Waals surface area contributed by atoms with E-state index < -0.39 is 0 Å². The van der Waals surface area contributed by atoms with Crippen molar-refractivity contribution in [2.45, 2.75) is 19.4 Å². The minimum Gasteiger partial charge on any atom is -0.466 e. The topological polar surface area (TPSA) is 35.5 Å². The van der Waals surface area contributed by atoms with Crippen molar-refractivity contribution in [3.05, 3.63) is 12.2 Å². The van der Waals surface area contributed by atoms with Gasteiger partial charge in [-0.2, -0.15) is 0 Å². The highest BCUT2D eigenvalue weighted by atomic mass is 28.3. The average Bonchev–Trinajstić information content (AvgIpc) is 2.03. The first kappa shape index (κ1) is 11.6. The monoisotopic (exact) mass is 203 g/mol. The van der Waals surface area contributed by atoms with Crippen molar-refractivity contribution in [2.75, 3.05) is 6.61 Å². The van der Waals surface area contributed by atoms with Crippen LogP contribution in [-0.4, -0.2) is 32.8 Å². The molecule has 0 unspecified atom stereocenters. The molecule has 0 aromatic carbocycles. The molecule has 0 aromatic rings. The summed E-state index contributed by atoms with van der Waals surface area (Å²) < 4.78 is 9.94. The van der Waals surface area contributed by atoms with Crippen molar-refractivity contribution in [1.29, 1.82) is 0 Å². The fourth-order valence-corrected chi connectivity index (χ4v) is 1.85. The predicted octanol–water partition coefficient (Wildman–Crippen LogP) is -0.437. The van der Waals surface area contributed by atoms with Crippen molar-refractivity contribution in [3.8, 4) is 0 Å². The summed E-state index contributed by atoms with van der Waals surface area (Å²) in [5, 5.41) is 0. The second-order valence-corrected chi connectivity index (χ2v) is 5.26. The number of hydrogen-bond donors (Lipinski definition) is 0. The molecule has 69 valence electrons. The predicted molar refractivity (Wildman–Crippen MR) is 53.4 cm³/mol. The molecular formula is C7H15O3Si2. The van der Waals surface area contributed by atoms with Gasteiger partial charge in [0.1, 0.15) is 10.5 Å². The summed E-state index contributed by atoms with van der Waals surface area (Å²) in [4.78, 5) is 10.8. The lowest BCUT2D eigenvalue weighted by atomic mass is 10.4. The van der Waals surface area contributed by atoms with Gasteiger partial charge in [-0.25, -0.2) is 4.79 Å². The molecule has 12 heavy (non-hydrogen) atoms. The average molecular weight is 203 g/mol. The Hall–Kier alpha value is -0.396. The van der Waals surface area contributed by atoms with E-state index in [0.717, 1.165) is 23.0 Å². The van der Waals surface area contributed by atoms with E-state index in [4.69, 9.17) is 8.85 Å². The van der Waals surface area contributed by atoms with Crippen LogP contribution in [0.5, 0.6) is 0 Å². The van der Waals surface area contributed by atoms with Gasteiger partial charge in [0.05, 0.1) is 6.61 Å². The van der Waals surface area contributed by atoms with E-state index in [1.807, 2.05) is 0 Å². The van der Waals surface area contributed by atoms with E-state index in [-0.39, 0.29) is 15.7 Å². The molecule has 0 bridgehead atoms. The molecule has 0 amide bonds. The van der Waals surface area contributed by atoms with E-state index in [1.165, 1.54) is 0 Å². The minimum absolute atomic E-state index is 0.133. The third-order valence-corrected chi connectivity index (χ3v) is 3.19. The fraction of sp³-hybridized carbons (Fsp3) is 0.571. The van der Waals surface area contributed by atoms with E-state index in [0.29, 0.717) is 12.2 Å². The molecule has 3 nitrogen and oxygen atoms in total. The largest absolute Gasteiger partial charge is 0.466 e. The lowest BCUT2D eigenvalue weighted by Crippen LogP contribution is -2.07. The Morgan fingerprint density at radius 3 is 2.83 bits per heavy atom. The summed E-state index contributed by atoms with van der Waals surface area (Å²) >= 11 is 0. The lowest BCUT2D eigenvalue weighted by molar-refractivity contribution is -0.138. The summed E-state index contributed by atoms with van der Waals surface area (Å²) in [6.07, 6.45) is 0.899. The number of carbonyl (C=O) groups is 1. The van der Waals surface area contributed by atoms with Crippen molar-refractivity contribution in [2.24, 2.45) is 0 Å². The first-order valence-corrected chi connectivity index (χ1v) is 5.96. The van der Waals surface area contributed by atoms with Crippen LogP contribution in [0.2, 0.25) is 6.04 Å². The zero-order valence-corrected chi connectivity index (χ0v) is 10.8. The van der Waals surface area contributed by atoms with Crippen LogP contribution in [0, 0.1) is 0 Å². The third kappa shape index (κ3) is 6.32. The van der Waals surface area contributed by atoms with Gasteiger partial charge >= 0.3 is 5.97 Å². The maximum Gasteiger partial charge on any atom is 0.333 e. The van der Waals surface area contributed by atoms with Gasteiger partial charge in [-0.15, -0.1) is 0 Å². The standard InChI is InChI=1S/C7H15O3Si2/c1-6(2)7(8)9-4-3-5-12-10-11/h12H,1,3-5H2,2,11H3. The van der Waals surface area contributed by atoms with Crippen LogP contribution >= 0.6 is 0 Å². The molecule has 0 atom stereocenters. The molecule has 0 aliphatic heterocycles. The molecular weight excluding hydrogens is 188 g/mol. The molecule has 5 heteroatoms. The van der Waals surface area contributed by atoms with Gasteiger partial charge in [-0.3, -0.25) is 0 Å². The highest BCUT2D eigenvalue weighted by molar-refractivity contribution is 6.34. The first-order valence-electron chi connectivity index (χ1n) is 3.85. The molecule has 0 heterocycles. The van der Waals surface area contributed by atoms with Gasteiger partial charge < -0.3 is 8.85 Å². The molecule has 0 aromatic heterocycles. The Morgan fingerprint density at radius 2 is 2.33 bits per heavy atom. The van der Waals surface area contributed by atoms with Crippen LogP contribution in [0.1, 0.15) is 13.3 Å². The van der Waals surface area contributed by atoms with Gasteiger partial charge in [0.2, 0.25) is 0 Å². The van der Waals surface area contributed by atoms with Crippen LogP contribution < -0.4 is 0 Å². The van der Waals surface area contributed by atoms with Gasteiger partial charge in [0, 0.05) is 5.57 Å². The SMILES string of the molecule is C=C(C)C(=O)OCCC[SiH]O[SiH3]. The van der Waals surface area contributed by atoms with E-state index in [2.05, 4.69) is 6.58 Å². The molecule has 0 fully saturated rings. The Balaban J connectivity index is 3.20. The maximum atomic E-state index is 10.8. The van der Waals surface area contributed by atoms with Gasteiger partial charge in [0.15, 0.2) is 9.76 Å². The lowest BCUT2D eigenvalue weighted by Gasteiger charge is -2.02. The van der Waals surface area contributed by atoms with Crippen LogP contribution in [0.3, 0.4) is 0 Å². The second kappa shape index (κ2) is 7.26. The number of hydrogen-bond acceptors (Lipinski definition) is 3. The number of esters is 1. The first-order chi connectivity index (χ1) is 5.68. The van der Waals surface area contributed by atoms with Crippen LogP contribution in [0.4, 0.5) is 0 Å². The maximum absolute atomic E-state index is 10.8. The molecule has 0 saturated carbocycles. The Labute approximate surface area is 78.6 Å². The summed E-state index contributed by atoms with van der Waals surface area (Å²) in [6, 6.07) is 1.03. The summed E-state index contributed by atoms with van der Waals surface area (Å²) in [6.45, 7) is 5.62. The summed E-state index contributed by atoms with van der Waals surface area (Å²) in [7, 11) is 0.949. The Bertz CT molecular complexity index is 159. The zero-order chi connectivity index (χ0) is 9.40. The van der Waals surface area contributed by atoms with Crippen LogP contribution in [0.25, 0.3) is 0 Å². The number of carbonyl (C=O) groups excluding carboxylic acids is 1. The molecule has 0 rings (SSSR count). The normalized spacial score (nSPS) is 9.75. The molecule has 0 spiro atoms. The zero-order valence-electron chi connectivity index (χ0n) is 7.63. The van der Waals surface area contributed by atoms with Gasteiger partial charge in [-0.1, -0.05) is 6.58 Å². The summed E-state index contributed by atoms with van der Waals surface area (Å²) in [5.74, 6) is -0.295. The number of rotatable bonds is 6. The van der Waals surface area contributed by atoms with E-state index in [9.17, 15) is 4.79 Å². The molecule has 0 N–H and O–H groups in total. The van der Waals surface area contributed by atoms with Gasteiger partial charge in [0.25, 0.3) is 0 Å². The van der Waals surface area contributed by atoms with Gasteiger partial charge in [-0.05, 0) is 19.4 Å². The van der Waals surface area contributed by atoms with Crippen molar-refractivity contribution < 1.29 is 13.6 Å². The van der Waals surface area contributed by atoms with E-state index >= 15 is 0 Å². The third-order valence-electron chi connectivity index (χ3n) is 1.21. The summed E-state index contributed by atoms with van der Waals surface area (Å²) in [5.41, 5.74) is 0.460. The fourth-order valence-electron chi connectivity index (χ4n) is 0.573. The minimum atomic E-state index is -0.295. The Kier molecular flexibility index (Phi) is 7.02. The number of ether oxygens (including phenoxy) is 1. The quantitative estimate of drug-likeness (QED) is 0.254. The van der Waals surface area contributed by atoms with Crippen LogP contribution in [-0.2, 0) is 13.6 Å².